The Bertz CT molecular complexity index is 1600. The second-order valence-electron chi connectivity index (χ2n) is 19.2. The highest BCUT2D eigenvalue weighted by atomic mass is 14.1. The molecule has 0 nitrogen and oxygen atoms in total. The zero-order valence-electron chi connectivity index (χ0n) is 42.7. The molecule has 4 aromatic carbocycles. The summed E-state index contributed by atoms with van der Waals surface area (Å²) in [5, 5.41) is 3.00. The summed E-state index contributed by atoms with van der Waals surface area (Å²) in [6, 6.07) is 19.4. The number of unbranched alkanes of at least 4 members (excludes halogenated alkanes) is 15. The van der Waals surface area contributed by atoms with Crippen molar-refractivity contribution >= 4 is 10.8 Å². The van der Waals surface area contributed by atoms with Crippen molar-refractivity contribution in [2.24, 2.45) is 0 Å². The van der Waals surface area contributed by atoms with E-state index in [1.165, 1.54) is 218 Å². The summed E-state index contributed by atoms with van der Waals surface area (Å²) in [6.07, 6.45) is 35.8. The number of hydrogen-bond donors (Lipinski definition) is 0. The Morgan fingerprint density at radius 2 is 0.459 bits per heavy atom. The molecule has 0 saturated heterocycles. The topological polar surface area (TPSA) is 0 Å². The van der Waals surface area contributed by atoms with Gasteiger partial charge in [-0.05, 0) is 185 Å². The fraction of sp³-hybridized carbons (Fsp3) is 0.639. The van der Waals surface area contributed by atoms with Gasteiger partial charge >= 0.3 is 0 Å². The SMILES string of the molecule is CCCCCCc1cc(C)c(CCCCCC)cc1C.CCCCCCc1cc(C)c(CCCCCC)cc1C.CCCCCc1cc(C)cc2c(CCCC)cc(C)cc12. The highest BCUT2D eigenvalue weighted by Gasteiger charge is 2.09. The molecule has 0 saturated carbocycles. The Labute approximate surface area is 380 Å². The van der Waals surface area contributed by atoms with Gasteiger partial charge in [-0.1, -0.05) is 198 Å². The normalized spacial score (nSPS) is 11.1. The van der Waals surface area contributed by atoms with E-state index in [1.54, 1.807) is 33.4 Å². The minimum absolute atomic E-state index is 1.21. The van der Waals surface area contributed by atoms with Crippen LogP contribution in [0.2, 0.25) is 0 Å². The number of fused-ring (bicyclic) bond motifs is 1. The van der Waals surface area contributed by atoms with Gasteiger partial charge in [-0.2, -0.15) is 0 Å². The van der Waals surface area contributed by atoms with Crippen LogP contribution in [0.1, 0.15) is 243 Å². The Morgan fingerprint density at radius 3 is 0.738 bits per heavy atom. The van der Waals surface area contributed by atoms with Crippen LogP contribution in [0.25, 0.3) is 10.8 Å². The fourth-order valence-corrected chi connectivity index (χ4v) is 9.19. The first-order valence-corrected chi connectivity index (χ1v) is 26.2. The first kappa shape index (κ1) is 54.3. The molecule has 0 bridgehead atoms. The van der Waals surface area contributed by atoms with Crippen molar-refractivity contribution in [1.82, 2.24) is 0 Å². The van der Waals surface area contributed by atoms with Gasteiger partial charge < -0.3 is 0 Å². The van der Waals surface area contributed by atoms with Crippen molar-refractivity contribution in [2.75, 3.05) is 0 Å². The Morgan fingerprint density at radius 1 is 0.230 bits per heavy atom. The standard InChI is InChI=1S/C21H30.2C20H34/c1-5-7-9-11-19-13-17(4)14-20-18(10-8-6-2)12-16(3)15-21(19)20;2*1-5-7-9-11-13-19-15-18(4)20(16-17(19)3)14-12-10-8-6-2/h12-15H,5-11H2,1-4H3;2*15-16H,5-14H2,1-4H3. The third-order valence-corrected chi connectivity index (χ3v) is 13.2. The van der Waals surface area contributed by atoms with Crippen LogP contribution >= 0.6 is 0 Å². The molecule has 0 spiro atoms. The van der Waals surface area contributed by atoms with E-state index in [4.69, 9.17) is 0 Å². The van der Waals surface area contributed by atoms with Crippen LogP contribution < -0.4 is 0 Å². The van der Waals surface area contributed by atoms with Gasteiger partial charge in [0, 0.05) is 0 Å². The molecule has 0 unspecified atom stereocenters. The van der Waals surface area contributed by atoms with Gasteiger partial charge in [0.15, 0.2) is 0 Å². The van der Waals surface area contributed by atoms with Gasteiger partial charge in [-0.15, -0.1) is 0 Å². The van der Waals surface area contributed by atoms with Crippen molar-refractivity contribution in [3.05, 3.63) is 115 Å². The third-order valence-electron chi connectivity index (χ3n) is 13.2. The Kier molecular flexibility index (Phi) is 29.2. The number of aryl methyl sites for hydroxylation is 12. The maximum absolute atomic E-state index is 2.45. The van der Waals surface area contributed by atoms with Crippen molar-refractivity contribution < 1.29 is 0 Å². The van der Waals surface area contributed by atoms with Crippen molar-refractivity contribution in [1.29, 1.82) is 0 Å². The summed E-state index contributed by atoms with van der Waals surface area (Å²) in [4.78, 5) is 0. The maximum Gasteiger partial charge on any atom is -0.0146 e. The molecule has 0 aliphatic heterocycles. The molecular weight excluding hydrogens is 733 g/mol. The zero-order chi connectivity index (χ0) is 44.8. The number of hydrogen-bond acceptors (Lipinski definition) is 0. The first-order valence-electron chi connectivity index (χ1n) is 26.2. The molecular formula is C61H98. The van der Waals surface area contributed by atoms with E-state index in [0.717, 1.165) is 0 Å². The Balaban J connectivity index is 0.000000315. The van der Waals surface area contributed by atoms with Gasteiger partial charge in [0.25, 0.3) is 0 Å². The molecule has 0 fully saturated rings. The molecule has 0 N–H and O–H groups in total. The van der Waals surface area contributed by atoms with Crippen molar-refractivity contribution in [3.8, 4) is 0 Å². The maximum atomic E-state index is 2.45. The zero-order valence-corrected chi connectivity index (χ0v) is 42.7. The van der Waals surface area contributed by atoms with Gasteiger partial charge in [-0.3, -0.25) is 0 Å². The lowest BCUT2D eigenvalue weighted by molar-refractivity contribution is 0.661. The summed E-state index contributed by atoms with van der Waals surface area (Å²) in [6.45, 7) is 27.3. The van der Waals surface area contributed by atoms with Gasteiger partial charge in [-0.25, -0.2) is 0 Å². The van der Waals surface area contributed by atoms with Crippen LogP contribution in [-0.2, 0) is 38.5 Å². The average Bonchev–Trinajstić information content (AvgIpc) is 3.24. The monoisotopic (exact) mass is 831 g/mol. The summed E-state index contributed by atoms with van der Waals surface area (Å²) in [5.74, 6) is 0. The highest BCUT2D eigenvalue weighted by Crippen LogP contribution is 2.29. The van der Waals surface area contributed by atoms with Crippen LogP contribution in [0.4, 0.5) is 0 Å². The third kappa shape index (κ3) is 21.4. The molecule has 0 aliphatic rings. The summed E-state index contributed by atoms with van der Waals surface area (Å²) in [7, 11) is 0. The largest absolute Gasteiger partial charge is 0.0654 e. The van der Waals surface area contributed by atoms with Crippen LogP contribution in [0.5, 0.6) is 0 Å². The predicted molar refractivity (Wildman–Crippen MR) is 278 cm³/mol. The van der Waals surface area contributed by atoms with E-state index in [1.807, 2.05) is 0 Å². The molecule has 0 aliphatic carbocycles. The van der Waals surface area contributed by atoms with Crippen molar-refractivity contribution in [2.45, 2.75) is 256 Å². The summed E-state index contributed by atoms with van der Waals surface area (Å²) < 4.78 is 0. The number of rotatable bonds is 27. The molecule has 4 aromatic rings. The van der Waals surface area contributed by atoms with Gasteiger partial charge in [0.1, 0.15) is 0 Å². The Hall–Kier alpha value is -2.86. The smallest absolute Gasteiger partial charge is 0.0146 e. The lowest BCUT2D eigenvalue weighted by Crippen LogP contribution is -1.97. The fourth-order valence-electron chi connectivity index (χ4n) is 9.19. The molecule has 4 rings (SSSR count). The highest BCUT2D eigenvalue weighted by molar-refractivity contribution is 5.90. The van der Waals surface area contributed by atoms with Crippen LogP contribution in [0, 0.1) is 41.5 Å². The summed E-state index contributed by atoms with van der Waals surface area (Å²) in [5.41, 5.74) is 18.3. The van der Waals surface area contributed by atoms with E-state index in [0.29, 0.717) is 0 Å². The number of benzene rings is 4. The molecule has 0 aromatic heterocycles. The van der Waals surface area contributed by atoms with Gasteiger partial charge in [0.2, 0.25) is 0 Å². The molecule has 0 radical (unpaired) electrons. The molecule has 0 atom stereocenters. The molecule has 0 heterocycles. The molecule has 342 valence electrons. The lowest BCUT2D eigenvalue weighted by Gasteiger charge is -2.14. The van der Waals surface area contributed by atoms with E-state index < -0.39 is 0 Å². The quantitative estimate of drug-likeness (QED) is 0.0525. The van der Waals surface area contributed by atoms with E-state index in [-0.39, 0.29) is 0 Å². The van der Waals surface area contributed by atoms with Gasteiger partial charge in [0.05, 0.1) is 0 Å². The minimum Gasteiger partial charge on any atom is -0.0654 e. The second-order valence-corrected chi connectivity index (χ2v) is 19.2. The molecule has 0 heteroatoms. The van der Waals surface area contributed by atoms with E-state index in [9.17, 15) is 0 Å². The van der Waals surface area contributed by atoms with E-state index in [2.05, 4.69) is 132 Å². The first-order chi connectivity index (χ1) is 29.5. The van der Waals surface area contributed by atoms with Crippen molar-refractivity contribution in [3.63, 3.8) is 0 Å². The molecule has 61 heavy (non-hydrogen) atoms. The van der Waals surface area contributed by atoms with Crippen LogP contribution in [0.3, 0.4) is 0 Å². The predicted octanol–water partition coefficient (Wildman–Crippen LogP) is 19.6. The lowest BCUT2D eigenvalue weighted by atomic mass is 9.91. The molecule has 0 amide bonds. The van der Waals surface area contributed by atoms with E-state index >= 15 is 0 Å². The average molecular weight is 831 g/mol. The van der Waals surface area contributed by atoms with Crippen LogP contribution in [0.15, 0.2) is 48.5 Å². The van der Waals surface area contributed by atoms with Crippen LogP contribution in [-0.4, -0.2) is 0 Å². The second kappa shape index (κ2) is 32.8. The minimum atomic E-state index is 1.21. The summed E-state index contributed by atoms with van der Waals surface area (Å²) >= 11 is 0.